The van der Waals surface area contributed by atoms with Gasteiger partial charge in [-0.05, 0) is 30.7 Å². The van der Waals surface area contributed by atoms with E-state index < -0.39 is 0 Å². The largest absolute Gasteiger partial charge is 0.504 e. The van der Waals surface area contributed by atoms with Gasteiger partial charge < -0.3 is 10.8 Å². The van der Waals surface area contributed by atoms with Crippen LogP contribution in [0.3, 0.4) is 0 Å². The number of allylic oxidation sites excluding steroid dienone is 4. The summed E-state index contributed by atoms with van der Waals surface area (Å²) in [5, 5.41) is 9.26. The molecule has 4 heteroatoms. The monoisotopic (exact) mass is 190 g/mol. The Morgan fingerprint density at radius 3 is 2.93 bits per heavy atom. The van der Waals surface area contributed by atoms with Gasteiger partial charge in [0.15, 0.2) is 5.76 Å². The highest BCUT2D eigenvalue weighted by molar-refractivity contribution is 6.16. The van der Waals surface area contributed by atoms with E-state index in [4.69, 9.17) is 5.73 Å². The molecule has 1 heterocycles. The Hall–Kier alpha value is -1.68. The lowest BCUT2D eigenvalue weighted by Crippen LogP contribution is -2.12. The predicted octanol–water partition coefficient (Wildman–Crippen LogP) is 0.625. The fraction of sp³-hybridized carbons (Fsp3) is 0.200. The number of carbonyl (C=O) groups is 1. The number of rotatable bonds is 2. The van der Waals surface area contributed by atoms with Crippen LogP contribution in [0.2, 0.25) is 0 Å². The predicted molar refractivity (Wildman–Crippen MR) is 53.0 cm³/mol. The molecule has 0 radical (unpaired) electrons. The van der Waals surface area contributed by atoms with Gasteiger partial charge >= 0.3 is 0 Å². The molecule has 3 N–H and O–H groups in total. The minimum absolute atomic E-state index is 0.233. The molecule has 0 saturated heterocycles. The van der Waals surface area contributed by atoms with Crippen LogP contribution in [0.25, 0.3) is 0 Å². The third kappa shape index (κ3) is 1.20. The molecule has 0 unspecified atom stereocenters. The minimum Gasteiger partial charge on any atom is -0.504 e. The number of hydrogen-bond donors (Lipinski definition) is 2. The van der Waals surface area contributed by atoms with Gasteiger partial charge in [-0.2, -0.15) is 0 Å². The SMILES string of the molecule is NCCC1=C2C(=O)C(O)=CC=C2N=C1. The second-order valence-electron chi connectivity index (χ2n) is 3.13. The summed E-state index contributed by atoms with van der Waals surface area (Å²) in [6.45, 7) is 0.468. The maximum absolute atomic E-state index is 11.6. The number of aliphatic imine (C=N–C) groups is 1. The minimum atomic E-state index is -0.358. The van der Waals surface area contributed by atoms with E-state index in [2.05, 4.69) is 4.99 Å². The van der Waals surface area contributed by atoms with Crippen LogP contribution in [0.15, 0.2) is 39.7 Å². The third-order valence-electron chi connectivity index (χ3n) is 2.21. The maximum atomic E-state index is 11.6. The van der Waals surface area contributed by atoms with Gasteiger partial charge in [-0.25, -0.2) is 0 Å². The molecule has 0 saturated carbocycles. The highest BCUT2D eigenvalue weighted by Gasteiger charge is 2.27. The lowest BCUT2D eigenvalue weighted by atomic mass is 9.97. The van der Waals surface area contributed by atoms with Gasteiger partial charge in [-0.15, -0.1) is 0 Å². The van der Waals surface area contributed by atoms with Gasteiger partial charge in [-0.1, -0.05) is 0 Å². The molecule has 2 aliphatic rings. The smallest absolute Gasteiger partial charge is 0.229 e. The van der Waals surface area contributed by atoms with E-state index in [1.54, 1.807) is 12.3 Å². The molecule has 1 aliphatic heterocycles. The second-order valence-corrected chi connectivity index (χ2v) is 3.13. The highest BCUT2D eigenvalue weighted by atomic mass is 16.3. The van der Waals surface area contributed by atoms with Crippen LogP contribution in [-0.4, -0.2) is 23.6 Å². The molecule has 0 bridgehead atoms. The summed E-state index contributed by atoms with van der Waals surface area (Å²) in [7, 11) is 0. The summed E-state index contributed by atoms with van der Waals surface area (Å²) in [6.07, 6.45) is 5.24. The summed E-state index contributed by atoms with van der Waals surface area (Å²) in [5.41, 5.74) is 7.33. The molecule has 1 aliphatic carbocycles. The molecule has 0 aromatic carbocycles. The molecule has 0 aromatic rings. The van der Waals surface area contributed by atoms with Crippen LogP contribution in [0.1, 0.15) is 6.42 Å². The third-order valence-corrected chi connectivity index (χ3v) is 2.21. The lowest BCUT2D eigenvalue weighted by Gasteiger charge is -2.08. The van der Waals surface area contributed by atoms with E-state index in [1.807, 2.05) is 0 Å². The maximum Gasteiger partial charge on any atom is 0.229 e. The Labute approximate surface area is 81.1 Å². The standard InChI is InChI=1S/C10H10N2O2/c11-4-3-6-5-12-7-1-2-8(13)10(14)9(6)7/h1-2,5,13H,3-4,11H2. The van der Waals surface area contributed by atoms with Crippen molar-refractivity contribution in [1.82, 2.24) is 0 Å². The van der Waals surface area contributed by atoms with Crippen molar-refractivity contribution in [2.45, 2.75) is 6.42 Å². The van der Waals surface area contributed by atoms with Gasteiger partial charge in [0.1, 0.15) is 0 Å². The number of aliphatic hydroxyl groups is 1. The zero-order chi connectivity index (χ0) is 10.1. The Bertz CT molecular complexity index is 414. The van der Waals surface area contributed by atoms with Crippen LogP contribution in [0.5, 0.6) is 0 Å². The van der Waals surface area contributed by atoms with Crippen LogP contribution in [0.4, 0.5) is 0 Å². The van der Waals surface area contributed by atoms with Crippen molar-refractivity contribution in [1.29, 1.82) is 0 Å². The average Bonchev–Trinajstić information content (AvgIpc) is 2.57. The number of nitrogens with zero attached hydrogens (tertiary/aromatic N) is 1. The quantitative estimate of drug-likeness (QED) is 0.670. The molecule has 0 aromatic heterocycles. The van der Waals surface area contributed by atoms with Crippen molar-refractivity contribution in [2.24, 2.45) is 10.7 Å². The summed E-state index contributed by atoms with van der Waals surface area (Å²) in [6, 6.07) is 0. The first-order valence-electron chi connectivity index (χ1n) is 4.37. The van der Waals surface area contributed by atoms with Crippen molar-refractivity contribution in [2.75, 3.05) is 6.54 Å². The van der Waals surface area contributed by atoms with E-state index >= 15 is 0 Å². The van der Waals surface area contributed by atoms with Crippen LogP contribution >= 0.6 is 0 Å². The topological polar surface area (TPSA) is 75.7 Å². The Balaban J connectivity index is 2.45. The first-order chi connectivity index (χ1) is 6.74. The summed E-state index contributed by atoms with van der Waals surface area (Å²) in [4.78, 5) is 15.6. The summed E-state index contributed by atoms with van der Waals surface area (Å²) in [5.74, 6) is -0.591. The summed E-state index contributed by atoms with van der Waals surface area (Å²) < 4.78 is 0. The highest BCUT2D eigenvalue weighted by Crippen LogP contribution is 2.29. The number of hydrogen-bond acceptors (Lipinski definition) is 4. The number of nitrogens with two attached hydrogens (primary N) is 1. The Morgan fingerprint density at radius 2 is 2.21 bits per heavy atom. The molecule has 4 nitrogen and oxygen atoms in total. The lowest BCUT2D eigenvalue weighted by molar-refractivity contribution is -0.114. The fourth-order valence-corrected chi connectivity index (χ4v) is 1.54. The number of ketones is 1. The number of fused-ring (bicyclic) bond motifs is 1. The number of carbonyl (C=O) groups excluding carboxylic acids is 1. The van der Waals surface area contributed by atoms with Crippen molar-refractivity contribution in [3.05, 3.63) is 34.8 Å². The van der Waals surface area contributed by atoms with Gasteiger partial charge in [0.2, 0.25) is 5.78 Å². The van der Waals surface area contributed by atoms with Crippen LogP contribution in [-0.2, 0) is 4.79 Å². The second kappa shape index (κ2) is 3.23. The molecule has 2 rings (SSSR count). The van der Waals surface area contributed by atoms with Crippen LogP contribution < -0.4 is 5.73 Å². The van der Waals surface area contributed by atoms with E-state index in [9.17, 15) is 9.90 Å². The molecular formula is C10H10N2O2. The summed E-state index contributed by atoms with van der Waals surface area (Å²) >= 11 is 0. The molecule has 0 atom stereocenters. The molecule has 72 valence electrons. The van der Waals surface area contributed by atoms with Crippen molar-refractivity contribution >= 4 is 12.0 Å². The zero-order valence-corrected chi connectivity index (χ0v) is 7.53. The first-order valence-corrected chi connectivity index (χ1v) is 4.37. The fourth-order valence-electron chi connectivity index (χ4n) is 1.54. The normalized spacial score (nSPS) is 19.6. The van der Waals surface area contributed by atoms with Crippen LogP contribution in [0, 0.1) is 0 Å². The number of Topliss-reactive ketones (excluding diaryl/α,β-unsaturated/α-hetero) is 1. The van der Waals surface area contributed by atoms with Gasteiger partial charge in [0, 0.05) is 6.21 Å². The van der Waals surface area contributed by atoms with Crippen molar-refractivity contribution < 1.29 is 9.90 Å². The van der Waals surface area contributed by atoms with Crippen molar-refractivity contribution in [3.63, 3.8) is 0 Å². The Kier molecular flexibility index (Phi) is 2.05. The van der Waals surface area contributed by atoms with Gasteiger partial charge in [0.05, 0.1) is 11.3 Å². The first kappa shape index (κ1) is 8.90. The van der Waals surface area contributed by atoms with E-state index in [0.29, 0.717) is 24.2 Å². The zero-order valence-electron chi connectivity index (χ0n) is 7.53. The van der Waals surface area contributed by atoms with Gasteiger partial charge in [0.25, 0.3) is 0 Å². The van der Waals surface area contributed by atoms with Crippen molar-refractivity contribution in [3.8, 4) is 0 Å². The number of aliphatic hydroxyl groups excluding tert-OH is 1. The van der Waals surface area contributed by atoms with E-state index in [0.717, 1.165) is 5.57 Å². The van der Waals surface area contributed by atoms with E-state index in [-0.39, 0.29) is 11.5 Å². The molecule has 0 fully saturated rings. The Morgan fingerprint density at radius 1 is 1.43 bits per heavy atom. The van der Waals surface area contributed by atoms with Gasteiger partial charge in [-0.3, -0.25) is 9.79 Å². The average molecular weight is 190 g/mol. The molecule has 14 heavy (non-hydrogen) atoms. The molecular weight excluding hydrogens is 180 g/mol. The molecule has 0 spiro atoms. The van der Waals surface area contributed by atoms with E-state index in [1.165, 1.54) is 6.08 Å². The molecule has 0 amide bonds.